The zero-order chi connectivity index (χ0) is 11.5. The standard InChI is InChI=1S/C12H15ClN2O/c1-2-15(12(16)9-5-6-9)8-10-4-3-7-14-11(10)13/h3-4,7,9H,2,5-6,8H2,1H3. The fraction of sp³-hybridized carbons (Fsp3) is 0.500. The number of halogens is 1. The van der Waals surface area contributed by atoms with Crippen molar-refractivity contribution in [1.29, 1.82) is 0 Å². The van der Waals surface area contributed by atoms with Crippen LogP contribution in [0.5, 0.6) is 0 Å². The van der Waals surface area contributed by atoms with Crippen molar-refractivity contribution in [3.05, 3.63) is 29.0 Å². The van der Waals surface area contributed by atoms with E-state index in [0.29, 0.717) is 11.7 Å². The molecule has 1 aromatic heterocycles. The minimum atomic E-state index is 0.252. The summed E-state index contributed by atoms with van der Waals surface area (Å²) in [5.41, 5.74) is 0.917. The minimum Gasteiger partial charge on any atom is -0.338 e. The molecule has 0 radical (unpaired) electrons. The molecule has 1 aliphatic carbocycles. The van der Waals surface area contributed by atoms with Gasteiger partial charge in [0.25, 0.3) is 0 Å². The molecule has 1 fully saturated rings. The highest BCUT2D eigenvalue weighted by atomic mass is 35.5. The molecule has 0 bridgehead atoms. The normalized spacial score (nSPS) is 14.9. The Morgan fingerprint density at radius 1 is 1.62 bits per heavy atom. The molecule has 1 aliphatic rings. The first kappa shape index (κ1) is 11.4. The van der Waals surface area contributed by atoms with Gasteiger partial charge in [0.1, 0.15) is 5.15 Å². The molecule has 3 nitrogen and oxygen atoms in total. The summed E-state index contributed by atoms with van der Waals surface area (Å²) in [7, 11) is 0. The predicted octanol–water partition coefficient (Wildman–Crippen LogP) is 2.49. The molecule has 1 heterocycles. The van der Waals surface area contributed by atoms with E-state index in [-0.39, 0.29) is 11.8 Å². The molecule has 1 aromatic rings. The summed E-state index contributed by atoms with van der Waals surface area (Å²) in [5.74, 6) is 0.512. The third kappa shape index (κ3) is 2.53. The Kier molecular flexibility index (Phi) is 3.44. The van der Waals surface area contributed by atoms with Crippen molar-refractivity contribution < 1.29 is 4.79 Å². The third-order valence-corrected chi connectivity index (χ3v) is 3.16. The van der Waals surface area contributed by atoms with Gasteiger partial charge >= 0.3 is 0 Å². The van der Waals surface area contributed by atoms with Gasteiger partial charge < -0.3 is 4.90 Å². The molecule has 1 saturated carbocycles. The molecule has 4 heteroatoms. The third-order valence-electron chi connectivity index (χ3n) is 2.82. The highest BCUT2D eigenvalue weighted by molar-refractivity contribution is 6.30. The summed E-state index contributed by atoms with van der Waals surface area (Å²) in [4.78, 5) is 17.8. The van der Waals surface area contributed by atoms with Crippen LogP contribution in [0.15, 0.2) is 18.3 Å². The van der Waals surface area contributed by atoms with Crippen molar-refractivity contribution in [3.8, 4) is 0 Å². The summed E-state index contributed by atoms with van der Waals surface area (Å²) in [6.07, 6.45) is 3.73. The van der Waals surface area contributed by atoms with Crippen molar-refractivity contribution in [2.75, 3.05) is 6.54 Å². The average Bonchev–Trinajstić information content (AvgIpc) is 3.11. The lowest BCUT2D eigenvalue weighted by molar-refractivity contribution is -0.132. The van der Waals surface area contributed by atoms with Crippen LogP contribution in [-0.2, 0) is 11.3 Å². The molecule has 0 aromatic carbocycles. The van der Waals surface area contributed by atoms with E-state index in [1.165, 1.54) is 0 Å². The van der Waals surface area contributed by atoms with Gasteiger partial charge in [0.15, 0.2) is 0 Å². The number of carbonyl (C=O) groups excluding carboxylic acids is 1. The molecule has 0 unspecified atom stereocenters. The van der Waals surface area contributed by atoms with Crippen LogP contribution in [0.4, 0.5) is 0 Å². The maximum atomic E-state index is 11.9. The largest absolute Gasteiger partial charge is 0.338 e. The number of carbonyl (C=O) groups is 1. The van der Waals surface area contributed by atoms with Crippen molar-refractivity contribution in [2.24, 2.45) is 5.92 Å². The van der Waals surface area contributed by atoms with Crippen LogP contribution in [-0.4, -0.2) is 22.3 Å². The van der Waals surface area contributed by atoms with Gasteiger partial charge in [-0.15, -0.1) is 0 Å². The Hall–Kier alpha value is -1.09. The Labute approximate surface area is 100 Å². The highest BCUT2D eigenvalue weighted by Gasteiger charge is 2.32. The molecule has 86 valence electrons. The Bertz CT molecular complexity index is 390. The minimum absolute atomic E-state index is 0.252. The van der Waals surface area contributed by atoms with Crippen molar-refractivity contribution in [3.63, 3.8) is 0 Å². The first-order chi connectivity index (χ1) is 7.72. The molecule has 0 saturated heterocycles. The number of amides is 1. The van der Waals surface area contributed by atoms with Crippen molar-refractivity contribution >= 4 is 17.5 Å². The summed E-state index contributed by atoms with van der Waals surface area (Å²) < 4.78 is 0. The van der Waals surface area contributed by atoms with E-state index in [1.807, 2.05) is 24.0 Å². The van der Waals surface area contributed by atoms with Crippen LogP contribution in [0.25, 0.3) is 0 Å². The molecule has 0 aliphatic heterocycles. The van der Waals surface area contributed by atoms with E-state index in [0.717, 1.165) is 24.9 Å². The van der Waals surface area contributed by atoms with Crippen LogP contribution in [0.3, 0.4) is 0 Å². The Morgan fingerprint density at radius 2 is 2.38 bits per heavy atom. The first-order valence-electron chi connectivity index (χ1n) is 5.60. The summed E-state index contributed by atoms with van der Waals surface area (Å²) >= 11 is 5.98. The molecule has 1 amide bonds. The second-order valence-corrected chi connectivity index (χ2v) is 4.44. The van der Waals surface area contributed by atoms with Crippen LogP contribution in [0.1, 0.15) is 25.3 Å². The van der Waals surface area contributed by atoms with E-state index in [4.69, 9.17) is 11.6 Å². The number of pyridine rings is 1. The van der Waals surface area contributed by atoms with Gasteiger partial charge in [-0.1, -0.05) is 17.7 Å². The van der Waals surface area contributed by atoms with E-state index in [9.17, 15) is 4.79 Å². The van der Waals surface area contributed by atoms with Crippen LogP contribution in [0, 0.1) is 5.92 Å². The van der Waals surface area contributed by atoms with Crippen LogP contribution < -0.4 is 0 Å². The maximum absolute atomic E-state index is 11.9. The molecular weight excluding hydrogens is 224 g/mol. The lowest BCUT2D eigenvalue weighted by Crippen LogP contribution is -2.31. The van der Waals surface area contributed by atoms with Gasteiger partial charge in [-0.25, -0.2) is 4.98 Å². The SMILES string of the molecule is CCN(Cc1cccnc1Cl)C(=O)C1CC1. The smallest absolute Gasteiger partial charge is 0.225 e. The molecule has 0 atom stereocenters. The van der Waals surface area contributed by atoms with Gasteiger partial charge in [-0.05, 0) is 25.8 Å². The van der Waals surface area contributed by atoms with Crippen LogP contribution in [0.2, 0.25) is 5.15 Å². The Morgan fingerprint density at radius 3 is 2.94 bits per heavy atom. The zero-order valence-corrected chi connectivity index (χ0v) is 10.1. The van der Waals surface area contributed by atoms with Gasteiger partial charge in [-0.2, -0.15) is 0 Å². The van der Waals surface area contributed by atoms with Crippen molar-refractivity contribution in [1.82, 2.24) is 9.88 Å². The molecule has 2 rings (SSSR count). The van der Waals surface area contributed by atoms with Gasteiger partial charge in [0, 0.05) is 30.8 Å². The fourth-order valence-electron chi connectivity index (χ4n) is 1.68. The van der Waals surface area contributed by atoms with Gasteiger partial charge in [0.05, 0.1) is 0 Å². The summed E-state index contributed by atoms with van der Waals surface area (Å²) in [6, 6.07) is 3.76. The topological polar surface area (TPSA) is 33.2 Å². The van der Waals surface area contributed by atoms with E-state index in [2.05, 4.69) is 4.98 Å². The van der Waals surface area contributed by atoms with Crippen LogP contribution >= 0.6 is 11.6 Å². The number of nitrogens with zero attached hydrogens (tertiary/aromatic N) is 2. The van der Waals surface area contributed by atoms with E-state index >= 15 is 0 Å². The average molecular weight is 239 g/mol. The van der Waals surface area contributed by atoms with E-state index in [1.54, 1.807) is 6.20 Å². The zero-order valence-electron chi connectivity index (χ0n) is 9.32. The Balaban J connectivity index is 2.06. The number of hydrogen-bond acceptors (Lipinski definition) is 2. The molecular formula is C12H15ClN2O. The quantitative estimate of drug-likeness (QED) is 0.756. The fourth-order valence-corrected chi connectivity index (χ4v) is 1.86. The maximum Gasteiger partial charge on any atom is 0.225 e. The number of hydrogen-bond donors (Lipinski definition) is 0. The number of rotatable bonds is 4. The van der Waals surface area contributed by atoms with E-state index < -0.39 is 0 Å². The lowest BCUT2D eigenvalue weighted by Gasteiger charge is -2.21. The van der Waals surface area contributed by atoms with Gasteiger partial charge in [0.2, 0.25) is 5.91 Å². The van der Waals surface area contributed by atoms with Gasteiger partial charge in [-0.3, -0.25) is 4.79 Å². The molecule has 0 N–H and O–H groups in total. The van der Waals surface area contributed by atoms with Crippen molar-refractivity contribution in [2.45, 2.75) is 26.3 Å². The summed E-state index contributed by atoms with van der Waals surface area (Å²) in [5, 5.41) is 0.490. The number of aromatic nitrogens is 1. The second kappa shape index (κ2) is 4.83. The molecule has 0 spiro atoms. The lowest BCUT2D eigenvalue weighted by atomic mass is 10.2. The molecule has 16 heavy (non-hydrogen) atoms. The highest BCUT2D eigenvalue weighted by Crippen LogP contribution is 2.31. The summed E-state index contributed by atoms with van der Waals surface area (Å²) in [6.45, 7) is 3.28. The first-order valence-corrected chi connectivity index (χ1v) is 5.98. The monoisotopic (exact) mass is 238 g/mol. The second-order valence-electron chi connectivity index (χ2n) is 4.08. The predicted molar refractivity (Wildman–Crippen MR) is 63.1 cm³/mol.